The highest BCUT2D eigenvalue weighted by Gasteiger charge is 2.26. The van der Waals surface area contributed by atoms with E-state index in [0.717, 1.165) is 0 Å². The first-order valence-corrected chi connectivity index (χ1v) is 9.03. The predicted octanol–water partition coefficient (Wildman–Crippen LogP) is 2.82. The van der Waals surface area contributed by atoms with E-state index in [4.69, 9.17) is 24.4 Å². The number of anilines is 1. The Morgan fingerprint density at radius 1 is 1.00 bits per heavy atom. The number of benzene rings is 2. The van der Waals surface area contributed by atoms with Crippen LogP contribution in [-0.4, -0.2) is 49.1 Å². The summed E-state index contributed by atoms with van der Waals surface area (Å²) in [7, 11) is 3.00. The Balaban J connectivity index is 1.98. The number of hydrogen-bond donors (Lipinski definition) is 3. The van der Waals surface area contributed by atoms with Gasteiger partial charge in [-0.15, -0.1) is 0 Å². The highest BCUT2D eigenvalue weighted by atomic mass is 16.5. The molecular weight excluding hydrogens is 394 g/mol. The van der Waals surface area contributed by atoms with Crippen molar-refractivity contribution in [3.63, 3.8) is 0 Å². The number of amides is 1. The fourth-order valence-electron chi connectivity index (χ4n) is 2.78. The molecule has 1 amide bonds. The van der Waals surface area contributed by atoms with Crippen molar-refractivity contribution in [1.82, 2.24) is 0 Å². The molecule has 0 radical (unpaired) electrons. The van der Waals surface area contributed by atoms with Crippen LogP contribution < -0.4 is 14.8 Å². The Bertz CT molecular complexity index is 898. The molecule has 0 heterocycles. The normalized spacial score (nSPS) is 10.4. The van der Waals surface area contributed by atoms with Crippen LogP contribution in [0.3, 0.4) is 0 Å². The first-order valence-electron chi connectivity index (χ1n) is 9.03. The third kappa shape index (κ3) is 6.40. The maximum atomic E-state index is 12.0. The molecule has 0 spiro atoms. The number of carbonyl (C=O) groups excluding carboxylic acids is 1. The number of carbonyl (C=O) groups is 3. The topological polar surface area (TPSA) is 131 Å². The summed E-state index contributed by atoms with van der Waals surface area (Å²) in [5.41, 5.74) is 1.72. The molecule has 2 aromatic rings. The van der Waals surface area contributed by atoms with E-state index in [-0.39, 0.29) is 13.0 Å². The van der Waals surface area contributed by atoms with Gasteiger partial charge in [-0.1, -0.05) is 18.2 Å². The van der Waals surface area contributed by atoms with Gasteiger partial charge in [0.1, 0.15) is 11.5 Å². The van der Waals surface area contributed by atoms with Gasteiger partial charge in [0.05, 0.1) is 20.8 Å². The lowest BCUT2D eigenvalue weighted by Gasteiger charge is -2.13. The highest BCUT2D eigenvalue weighted by Crippen LogP contribution is 2.23. The molecule has 0 saturated heterocycles. The molecule has 0 aliphatic heterocycles. The van der Waals surface area contributed by atoms with Gasteiger partial charge in [0.25, 0.3) is 0 Å². The minimum Gasteiger partial charge on any atom is -0.497 e. The van der Waals surface area contributed by atoms with Gasteiger partial charge in [0.2, 0.25) is 0 Å². The van der Waals surface area contributed by atoms with Crippen LogP contribution in [0.15, 0.2) is 42.5 Å². The van der Waals surface area contributed by atoms with Gasteiger partial charge in [0.15, 0.2) is 5.92 Å². The van der Waals surface area contributed by atoms with Crippen molar-refractivity contribution in [2.24, 2.45) is 5.92 Å². The molecule has 0 fully saturated rings. The molecule has 2 aromatic carbocycles. The fourth-order valence-corrected chi connectivity index (χ4v) is 2.78. The second-order valence-corrected chi connectivity index (χ2v) is 6.32. The quantitative estimate of drug-likeness (QED) is 0.503. The third-order valence-electron chi connectivity index (χ3n) is 4.30. The van der Waals surface area contributed by atoms with Crippen LogP contribution in [0.5, 0.6) is 11.5 Å². The van der Waals surface area contributed by atoms with Crippen LogP contribution in [0, 0.1) is 5.92 Å². The second kappa shape index (κ2) is 10.7. The Morgan fingerprint density at radius 2 is 1.73 bits per heavy atom. The lowest BCUT2D eigenvalue weighted by molar-refractivity contribution is -0.154. The van der Waals surface area contributed by atoms with Gasteiger partial charge in [0, 0.05) is 18.2 Å². The molecule has 0 unspecified atom stereocenters. The molecule has 160 valence electrons. The van der Waals surface area contributed by atoms with Crippen LogP contribution in [0.2, 0.25) is 0 Å². The predicted molar refractivity (Wildman–Crippen MR) is 107 cm³/mol. The maximum Gasteiger partial charge on any atom is 0.411 e. The molecule has 9 nitrogen and oxygen atoms in total. The largest absolute Gasteiger partial charge is 0.497 e. The second-order valence-electron chi connectivity index (χ2n) is 6.32. The number of carboxylic acid groups (broad SMARTS) is 2. The zero-order valence-corrected chi connectivity index (χ0v) is 16.6. The zero-order chi connectivity index (χ0) is 22.1. The minimum atomic E-state index is -1.55. The van der Waals surface area contributed by atoms with Crippen molar-refractivity contribution < 1.29 is 38.8 Å². The highest BCUT2D eigenvalue weighted by molar-refractivity contribution is 5.93. The molecule has 0 aliphatic carbocycles. The van der Waals surface area contributed by atoms with Crippen LogP contribution in [0.25, 0.3) is 0 Å². The maximum absolute atomic E-state index is 12.0. The lowest BCUT2D eigenvalue weighted by atomic mass is 9.97. The van der Waals surface area contributed by atoms with E-state index in [1.165, 1.54) is 14.2 Å². The molecule has 3 N–H and O–H groups in total. The van der Waals surface area contributed by atoms with Crippen molar-refractivity contribution in [2.45, 2.75) is 12.8 Å². The van der Waals surface area contributed by atoms with E-state index in [9.17, 15) is 14.4 Å². The van der Waals surface area contributed by atoms with Crippen molar-refractivity contribution in [3.05, 3.63) is 53.6 Å². The Kier molecular flexibility index (Phi) is 8.04. The summed E-state index contributed by atoms with van der Waals surface area (Å²) >= 11 is 0. The van der Waals surface area contributed by atoms with E-state index in [1.54, 1.807) is 42.5 Å². The first kappa shape index (κ1) is 22.5. The SMILES string of the molecule is COc1cccc(NC(=O)OCCc2cc(CC(C(=O)O)C(=O)O)ccc2OC)c1. The Morgan fingerprint density at radius 3 is 2.37 bits per heavy atom. The number of nitrogens with one attached hydrogen (secondary N) is 1. The van der Waals surface area contributed by atoms with E-state index in [0.29, 0.717) is 34.7 Å². The molecule has 0 atom stereocenters. The Labute approximate surface area is 173 Å². The van der Waals surface area contributed by atoms with Crippen LogP contribution in [-0.2, 0) is 27.2 Å². The Hall–Kier alpha value is -3.75. The molecule has 0 aliphatic rings. The van der Waals surface area contributed by atoms with E-state index in [2.05, 4.69) is 5.32 Å². The van der Waals surface area contributed by atoms with Gasteiger partial charge >= 0.3 is 18.0 Å². The molecule has 0 aromatic heterocycles. The summed E-state index contributed by atoms with van der Waals surface area (Å²) in [4.78, 5) is 34.2. The summed E-state index contributed by atoms with van der Waals surface area (Å²) in [5.74, 6) is -3.24. The third-order valence-corrected chi connectivity index (χ3v) is 4.30. The van der Waals surface area contributed by atoms with Crippen molar-refractivity contribution in [1.29, 1.82) is 0 Å². The van der Waals surface area contributed by atoms with Gasteiger partial charge in [-0.25, -0.2) is 4.79 Å². The summed E-state index contributed by atoms with van der Waals surface area (Å²) in [5, 5.41) is 20.7. The summed E-state index contributed by atoms with van der Waals surface area (Å²) in [6.07, 6.45) is -0.512. The van der Waals surface area contributed by atoms with Crippen LogP contribution in [0.4, 0.5) is 10.5 Å². The fraction of sp³-hybridized carbons (Fsp3) is 0.286. The average molecular weight is 417 g/mol. The average Bonchev–Trinajstić information content (AvgIpc) is 2.71. The van der Waals surface area contributed by atoms with Gasteiger partial charge in [-0.3, -0.25) is 14.9 Å². The van der Waals surface area contributed by atoms with Crippen molar-refractivity contribution >= 4 is 23.7 Å². The van der Waals surface area contributed by atoms with E-state index >= 15 is 0 Å². The van der Waals surface area contributed by atoms with Crippen LogP contribution in [0.1, 0.15) is 11.1 Å². The number of aliphatic carboxylic acids is 2. The van der Waals surface area contributed by atoms with E-state index in [1.807, 2.05) is 0 Å². The van der Waals surface area contributed by atoms with Gasteiger partial charge in [-0.05, 0) is 35.7 Å². The molecule has 9 heteroatoms. The molecule has 0 saturated carbocycles. The summed E-state index contributed by atoms with van der Waals surface area (Å²) in [6, 6.07) is 11.7. The number of ether oxygens (including phenoxy) is 3. The zero-order valence-electron chi connectivity index (χ0n) is 16.6. The number of rotatable bonds is 10. The molecule has 2 rings (SSSR count). The smallest absolute Gasteiger partial charge is 0.411 e. The van der Waals surface area contributed by atoms with Crippen molar-refractivity contribution in [2.75, 3.05) is 26.1 Å². The van der Waals surface area contributed by atoms with Crippen molar-refractivity contribution in [3.8, 4) is 11.5 Å². The number of methoxy groups -OCH3 is 2. The number of hydrogen-bond acceptors (Lipinski definition) is 6. The lowest BCUT2D eigenvalue weighted by Crippen LogP contribution is -2.25. The van der Waals surface area contributed by atoms with Crippen LogP contribution >= 0.6 is 0 Å². The monoisotopic (exact) mass is 417 g/mol. The molecule has 30 heavy (non-hydrogen) atoms. The van der Waals surface area contributed by atoms with E-state index < -0.39 is 23.9 Å². The molecular formula is C21H23NO8. The summed E-state index contributed by atoms with van der Waals surface area (Å²) < 4.78 is 15.6. The van der Waals surface area contributed by atoms with Gasteiger partial charge < -0.3 is 24.4 Å². The summed E-state index contributed by atoms with van der Waals surface area (Å²) in [6.45, 7) is 0.0386. The first-order chi connectivity index (χ1) is 14.3. The minimum absolute atomic E-state index is 0.0386. The number of carboxylic acids is 2. The van der Waals surface area contributed by atoms with Gasteiger partial charge in [-0.2, -0.15) is 0 Å². The molecule has 0 bridgehead atoms. The standard InChI is InChI=1S/C21H23NO8/c1-28-16-5-3-4-15(12-16)22-21(27)30-9-8-14-10-13(6-7-18(14)29-2)11-17(19(23)24)20(25)26/h3-7,10,12,17H,8-9,11H2,1-2H3,(H,22,27)(H,23,24)(H,25,26).